The third-order valence-electron chi connectivity index (χ3n) is 5.65. The number of likely N-dealkylation sites (N-methyl/N-ethyl adjacent to an activating group) is 1. The lowest BCUT2D eigenvalue weighted by atomic mass is 10.1. The molecule has 0 aliphatic carbocycles. The van der Waals surface area contributed by atoms with E-state index < -0.39 is 11.0 Å². The van der Waals surface area contributed by atoms with Crippen molar-refractivity contribution >= 4 is 22.0 Å². The third kappa shape index (κ3) is 4.35. The van der Waals surface area contributed by atoms with Crippen molar-refractivity contribution < 1.29 is 8.95 Å². The van der Waals surface area contributed by atoms with Gasteiger partial charge in [-0.1, -0.05) is 13.3 Å². The summed E-state index contributed by atoms with van der Waals surface area (Å²) in [6.07, 6.45) is 1.64. The van der Waals surface area contributed by atoms with Crippen molar-refractivity contribution in [1.82, 2.24) is 29.0 Å². The molecule has 1 atom stereocenters. The van der Waals surface area contributed by atoms with Crippen LogP contribution in [0.15, 0.2) is 27.9 Å². The molecule has 0 amide bonds. The Morgan fingerprint density at radius 1 is 1.16 bits per heavy atom. The van der Waals surface area contributed by atoms with Gasteiger partial charge in [-0.15, -0.1) is 0 Å². The highest BCUT2D eigenvalue weighted by atomic mass is 32.2. The van der Waals surface area contributed by atoms with Crippen molar-refractivity contribution in [2.24, 2.45) is 7.05 Å². The molecule has 9 nitrogen and oxygen atoms in total. The molecule has 172 valence electrons. The number of aromatic amines is 1. The zero-order valence-electron chi connectivity index (χ0n) is 19.1. The lowest BCUT2D eigenvalue weighted by Crippen LogP contribution is -2.45. The van der Waals surface area contributed by atoms with Crippen LogP contribution in [0.2, 0.25) is 0 Å². The van der Waals surface area contributed by atoms with Gasteiger partial charge in [-0.25, -0.2) is 13.5 Å². The molecule has 1 unspecified atom stereocenters. The van der Waals surface area contributed by atoms with Gasteiger partial charge in [-0.2, -0.15) is 5.10 Å². The summed E-state index contributed by atoms with van der Waals surface area (Å²) in [5.74, 6) is 0.989. The Kier molecular flexibility index (Phi) is 6.73. The molecule has 2 aromatic heterocycles. The van der Waals surface area contributed by atoms with Gasteiger partial charge in [0.15, 0.2) is 5.52 Å². The largest absolute Gasteiger partial charge is 0.493 e. The normalized spacial score (nSPS) is 16.5. The van der Waals surface area contributed by atoms with Crippen LogP contribution in [0.3, 0.4) is 0 Å². The second kappa shape index (κ2) is 9.51. The molecule has 0 radical (unpaired) electrons. The number of piperazine rings is 1. The number of hydrogen-bond acceptors (Lipinski definition) is 6. The fraction of sp³-hybridized carbons (Fsp3) is 0.500. The minimum absolute atomic E-state index is 0.254. The lowest BCUT2D eigenvalue weighted by Gasteiger charge is -2.31. The van der Waals surface area contributed by atoms with Crippen LogP contribution in [-0.4, -0.2) is 73.0 Å². The molecule has 10 heteroatoms. The maximum atomic E-state index is 13.3. The fourth-order valence-corrected chi connectivity index (χ4v) is 5.16. The first-order chi connectivity index (χ1) is 15.4. The van der Waals surface area contributed by atoms with E-state index in [1.54, 1.807) is 11.7 Å². The summed E-state index contributed by atoms with van der Waals surface area (Å²) in [5, 5.41) is 4.49. The Hall–Kier alpha value is -2.56. The van der Waals surface area contributed by atoms with Crippen molar-refractivity contribution in [1.29, 1.82) is 0 Å². The van der Waals surface area contributed by atoms with Crippen LogP contribution >= 0.6 is 0 Å². The topological polar surface area (TPSA) is 96.3 Å². The number of aryl methyl sites for hydroxylation is 2. The van der Waals surface area contributed by atoms with Gasteiger partial charge in [-0.3, -0.25) is 9.48 Å². The monoisotopic (exact) mass is 458 g/mol. The number of rotatable bonds is 7. The summed E-state index contributed by atoms with van der Waals surface area (Å²) in [6.45, 7) is 7.67. The van der Waals surface area contributed by atoms with E-state index in [1.807, 2.05) is 29.4 Å². The van der Waals surface area contributed by atoms with Gasteiger partial charge in [0, 0.05) is 33.2 Å². The zero-order valence-corrected chi connectivity index (χ0v) is 19.9. The summed E-state index contributed by atoms with van der Waals surface area (Å²) in [6, 6.07) is 5.45. The van der Waals surface area contributed by atoms with Crippen LogP contribution in [0.4, 0.5) is 0 Å². The smallest absolute Gasteiger partial charge is 0.277 e. The number of nitrogens with zero attached hydrogens (tertiary/aromatic N) is 5. The van der Waals surface area contributed by atoms with Gasteiger partial charge >= 0.3 is 0 Å². The molecule has 0 saturated carbocycles. The SMILES string of the molecule is CCCc1nn(C)c2c(=O)[nH]c(-c3cc(S(=O)N4CCN(C)CC4)ccc3OCC)nc12. The Balaban J connectivity index is 1.80. The van der Waals surface area contributed by atoms with Crippen LogP contribution in [0.5, 0.6) is 5.75 Å². The van der Waals surface area contributed by atoms with E-state index in [0.29, 0.717) is 39.7 Å². The number of aromatic nitrogens is 4. The Bertz CT molecular complexity index is 1200. The number of fused-ring (bicyclic) bond motifs is 1. The maximum absolute atomic E-state index is 13.3. The first-order valence-electron chi connectivity index (χ1n) is 11.0. The predicted molar refractivity (Wildman–Crippen MR) is 125 cm³/mol. The predicted octanol–water partition coefficient (Wildman–Crippen LogP) is 1.94. The number of hydrogen-bond donors (Lipinski definition) is 1. The van der Waals surface area contributed by atoms with Crippen LogP contribution in [0, 0.1) is 0 Å². The van der Waals surface area contributed by atoms with Crippen molar-refractivity contribution in [3.8, 4) is 17.1 Å². The zero-order chi connectivity index (χ0) is 22.8. The standard InChI is InChI=1S/C22H30N6O3S/c1-5-7-17-19-20(27(4)25-17)22(29)24-21(23-19)16-14-15(8-9-18(16)31-6-2)32(30)28-12-10-26(3)11-13-28/h8-9,14H,5-7,10-13H2,1-4H3,(H,23,24,29). The van der Waals surface area contributed by atoms with Gasteiger partial charge in [0.1, 0.15) is 28.1 Å². The van der Waals surface area contributed by atoms with E-state index in [1.165, 1.54) is 0 Å². The summed E-state index contributed by atoms with van der Waals surface area (Å²) < 4.78 is 22.6. The molecule has 1 aliphatic heterocycles. The van der Waals surface area contributed by atoms with Gasteiger partial charge < -0.3 is 14.6 Å². The van der Waals surface area contributed by atoms with Crippen molar-refractivity contribution in [3.63, 3.8) is 0 Å². The minimum atomic E-state index is -1.30. The molecule has 0 bridgehead atoms. The van der Waals surface area contributed by atoms with Crippen LogP contribution < -0.4 is 10.3 Å². The highest BCUT2D eigenvalue weighted by molar-refractivity contribution is 7.82. The quantitative estimate of drug-likeness (QED) is 0.581. The highest BCUT2D eigenvalue weighted by Crippen LogP contribution is 2.31. The Labute approximate surface area is 190 Å². The maximum Gasteiger partial charge on any atom is 0.277 e. The molecule has 1 N–H and O–H groups in total. The molecular weight excluding hydrogens is 428 g/mol. The number of nitrogens with one attached hydrogen (secondary N) is 1. The molecular formula is C22H30N6O3S. The van der Waals surface area contributed by atoms with Gasteiger partial charge in [0.05, 0.1) is 22.8 Å². The van der Waals surface area contributed by atoms with Crippen molar-refractivity contribution in [2.45, 2.75) is 31.6 Å². The lowest BCUT2D eigenvalue weighted by molar-refractivity contribution is 0.228. The third-order valence-corrected chi connectivity index (χ3v) is 7.15. The molecule has 1 aliphatic rings. The second-order valence-corrected chi connectivity index (χ2v) is 9.49. The Morgan fingerprint density at radius 3 is 2.59 bits per heavy atom. The highest BCUT2D eigenvalue weighted by Gasteiger charge is 2.23. The summed E-state index contributed by atoms with van der Waals surface area (Å²) >= 11 is 0. The Morgan fingerprint density at radius 2 is 1.91 bits per heavy atom. The van der Waals surface area contributed by atoms with Gasteiger partial charge in [-0.05, 0) is 38.6 Å². The molecule has 4 rings (SSSR count). The fourth-order valence-electron chi connectivity index (χ4n) is 3.97. The van der Waals surface area contributed by atoms with Crippen LogP contribution in [-0.2, 0) is 24.5 Å². The average molecular weight is 459 g/mol. The minimum Gasteiger partial charge on any atom is -0.493 e. The van der Waals surface area contributed by atoms with Crippen LogP contribution in [0.25, 0.3) is 22.4 Å². The van der Waals surface area contributed by atoms with E-state index in [-0.39, 0.29) is 5.56 Å². The first kappa shape index (κ1) is 22.6. The van der Waals surface area contributed by atoms with Crippen LogP contribution in [0.1, 0.15) is 26.0 Å². The number of ether oxygens (including phenoxy) is 1. The summed E-state index contributed by atoms with van der Waals surface area (Å²) in [5.41, 5.74) is 2.22. The van der Waals surface area contributed by atoms with Crippen molar-refractivity contribution in [2.75, 3.05) is 39.8 Å². The molecule has 32 heavy (non-hydrogen) atoms. The van der Waals surface area contributed by atoms with E-state index >= 15 is 0 Å². The van der Waals surface area contributed by atoms with Crippen molar-refractivity contribution in [3.05, 3.63) is 34.2 Å². The molecule has 0 spiro atoms. The first-order valence-corrected chi connectivity index (χ1v) is 12.1. The summed E-state index contributed by atoms with van der Waals surface area (Å²) in [7, 11) is 2.52. The molecule has 1 saturated heterocycles. The van der Waals surface area contributed by atoms with E-state index in [9.17, 15) is 9.00 Å². The van der Waals surface area contributed by atoms with Gasteiger partial charge in [0.2, 0.25) is 0 Å². The summed E-state index contributed by atoms with van der Waals surface area (Å²) in [4.78, 5) is 23.5. The number of benzene rings is 1. The average Bonchev–Trinajstić information content (AvgIpc) is 3.10. The molecule has 3 heterocycles. The van der Waals surface area contributed by atoms with E-state index in [4.69, 9.17) is 9.72 Å². The second-order valence-electron chi connectivity index (χ2n) is 8.00. The molecule has 3 aromatic rings. The molecule has 1 aromatic carbocycles. The van der Waals surface area contributed by atoms with E-state index in [0.717, 1.165) is 44.7 Å². The number of H-pyrrole nitrogens is 1. The molecule has 1 fully saturated rings. The van der Waals surface area contributed by atoms with E-state index in [2.05, 4.69) is 29.0 Å². The van der Waals surface area contributed by atoms with Gasteiger partial charge in [0.25, 0.3) is 5.56 Å².